The number of rotatable bonds is 22. The number of carbonyl (C=O) groups excluding carboxylic acids is 6. The molecule has 0 aromatic carbocycles. The number of carbonyl (C=O) groups is 9. The molecule has 0 aliphatic heterocycles. The topological polar surface area (TPSA) is 327 Å². The van der Waals surface area contributed by atoms with E-state index in [-0.39, 0.29) is 12.3 Å². The van der Waals surface area contributed by atoms with Crippen molar-refractivity contribution in [2.24, 2.45) is 29.2 Å². The summed E-state index contributed by atoms with van der Waals surface area (Å²) in [7, 11) is 0. The third-order valence-electron chi connectivity index (χ3n) is 6.87. The molecule has 19 nitrogen and oxygen atoms in total. The van der Waals surface area contributed by atoms with Crippen LogP contribution >= 0.6 is 0 Å². The van der Waals surface area contributed by atoms with E-state index in [1.807, 2.05) is 0 Å². The minimum Gasteiger partial charge on any atom is -0.481 e. The van der Waals surface area contributed by atoms with E-state index in [2.05, 4.69) is 26.6 Å². The Labute approximate surface area is 277 Å². The third-order valence-corrected chi connectivity index (χ3v) is 6.87. The van der Waals surface area contributed by atoms with Crippen molar-refractivity contribution in [1.82, 2.24) is 26.6 Å². The van der Waals surface area contributed by atoms with E-state index in [9.17, 15) is 53.4 Å². The fraction of sp³-hybridized carbons (Fsp3) is 0.690. The van der Waals surface area contributed by atoms with Gasteiger partial charge in [-0.05, 0) is 30.6 Å². The molecule has 0 aromatic heterocycles. The fourth-order valence-corrected chi connectivity index (χ4v) is 4.30. The summed E-state index contributed by atoms with van der Waals surface area (Å²) in [6.45, 7) is 9.50. The summed E-state index contributed by atoms with van der Waals surface area (Å²) >= 11 is 0. The first-order valence-corrected chi connectivity index (χ1v) is 15.3. The molecule has 48 heavy (non-hydrogen) atoms. The molecule has 19 heteroatoms. The molecule has 0 fully saturated rings. The second-order valence-corrected chi connectivity index (χ2v) is 12.4. The second-order valence-electron chi connectivity index (χ2n) is 12.4. The number of primary amides is 1. The lowest BCUT2D eigenvalue weighted by atomic mass is 10.00. The van der Waals surface area contributed by atoms with Gasteiger partial charge in [-0.1, -0.05) is 41.5 Å². The van der Waals surface area contributed by atoms with Gasteiger partial charge >= 0.3 is 17.9 Å². The number of hydrogen-bond acceptors (Lipinski definition) is 10. The van der Waals surface area contributed by atoms with Crippen LogP contribution < -0.4 is 38.1 Å². The van der Waals surface area contributed by atoms with Gasteiger partial charge in [-0.2, -0.15) is 0 Å². The molecule has 0 saturated carbocycles. The molecule has 6 atom stereocenters. The van der Waals surface area contributed by atoms with Gasteiger partial charge in [0.2, 0.25) is 35.4 Å². The standard InChI is InChI=1S/C29H49N7O12/c1-12(2)9-17(33-24(42)15(30)10-19(31)37)26(44)34-18(11-21(40)41)27(45)35-22(13(3)4)28(46)32-16(7-8-20(38)39)25(43)36-23(14(5)6)29(47)48/h12-18,22-23H,7-11,30H2,1-6H3,(H2,31,37)(H,32,46)(H,33,42)(H,34,44)(H,35,45)(H,36,43)(H,38,39)(H,40,41)(H,47,48)/t15-,16-,17-,18-,22-,23-/m0/s1. The molecule has 0 heterocycles. The smallest absolute Gasteiger partial charge is 0.326 e. The predicted molar refractivity (Wildman–Crippen MR) is 167 cm³/mol. The second kappa shape index (κ2) is 20.4. The van der Waals surface area contributed by atoms with Crippen molar-refractivity contribution in [3.8, 4) is 0 Å². The molecule has 0 bridgehead atoms. The maximum atomic E-state index is 13.3. The Bertz CT molecular complexity index is 1210. The Hall–Kier alpha value is -4.81. The van der Waals surface area contributed by atoms with Crippen molar-refractivity contribution in [1.29, 1.82) is 0 Å². The van der Waals surface area contributed by atoms with Crippen molar-refractivity contribution in [2.75, 3.05) is 0 Å². The highest BCUT2D eigenvalue weighted by Gasteiger charge is 2.35. The molecule has 272 valence electrons. The van der Waals surface area contributed by atoms with Crippen LogP contribution in [0.15, 0.2) is 0 Å². The van der Waals surface area contributed by atoms with Crippen LogP contribution in [0.25, 0.3) is 0 Å². The zero-order chi connectivity index (χ0) is 37.5. The van der Waals surface area contributed by atoms with Crippen LogP contribution in [0.3, 0.4) is 0 Å². The van der Waals surface area contributed by atoms with Crippen LogP contribution in [0.5, 0.6) is 0 Å². The maximum absolute atomic E-state index is 13.3. The van der Waals surface area contributed by atoms with Crippen molar-refractivity contribution in [3.63, 3.8) is 0 Å². The van der Waals surface area contributed by atoms with Crippen LogP contribution in [-0.2, 0) is 43.2 Å². The Morgan fingerprint density at radius 1 is 0.562 bits per heavy atom. The van der Waals surface area contributed by atoms with Gasteiger partial charge in [0.15, 0.2) is 0 Å². The number of carboxylic acids is 3. The van der Waals surface area contributed by atoms with E-state index in [1.54, 1.807) is 13.8 Å². The molecule has 0 aliphatic rings. The molecule has 0 saturated heterocycles. The Kier molecular flexibility index (Phi) is 18.4. The minimum atomic E-state index is -1.76. The van der Waals surface area contributed by atoms with Crippen LogP contribution in [-0.4, -0.2) is 105 Å². The normalized spacial score (nSPS) is 14.9. The van der Waals surface area contributed by atoms with Crippen molar-refractivity contribution >= 4 is 53.4 Å². The number of hydrogen-bond donors (Lipinski definition) is 10. The van der Waals surface area contributed by atoms with E-state index < -0.39 is 127 Å². The van der Waals surface area contributed by atoms with Crippen LogP contribution in [0, 0.1) is 17.8 Å². The van der Waals surface area contributed by atoms with E-state index in [4.69, 9.17) is 16.6 Å². The Balaban J connectivity index is 6.11. The lowest BCUT2D eigenvalue weighted by Gasteiger charge is -2.28. The van der Waals surface area contributed by atoms with Crippen LogP contribution in [0.4, 0.5) is 0 Å². The van der Waals surface area contributed by atoms with Crippen LogP contribution in [0.1, 0.15) is 73.6 Å². The van der Waals surface area contributed by atoms with Gasteiger partial charge in [-0.15, -0.1) is 0 Å². The van der Waals surface area contributed by atoms with E-state index in [0.717, 1.165) is 0 Å². The van der Waals surface area contributed by atoms with E-state index in [0.29, 0.717) is 0 Å². The van der Waals surface area contributed by atoms with Gasteiger partial charge < -0.3 is 53.4 Å². The zero-order valence-corrected chi connectivity index (χ0v) is 27.9. The maximum Gasteiger partial charge on any atom is 0.326 e. The average molecular weight is 688 g/mol. The summed E-state index contributed by atoms with van der Waals surface area (Å²) in [5.41, 5.74) is 10.7. The van der Waals surface area contributed by atoms with Gasteiger partial charge in [-0.3, -0.25) is 38.4 Å². The number of nitrogens with two attached hydrogens (primary N) is 2. The lowest BCUT2D eigenvalue weighted by Crippen LogP contribution is -2.60. The lowest BCUT2D eigenvalue weighted by molar-refractivity contribution is -0.144. The molecule has 0 rings (SSSR count). The molecule has 0 spiro atoms. The number of amides is 6. The molecular weight excluding hydrogens is 638 g/mol. The van der Waals surface area contributed by atoms with Crippen molar-refractivity contribution < 1.29 is 58.5 Å². The summed E-state index contributed by atoms with van der Waals surface area (Å²) in [5, 5.41) is 39.6. The number of nitrogens with one attached hydrogen (secondary N) is 5. The SMILES string of the molecule is CC(C)C[C@H](NC(=O)[C@@H](N)CC(N)=O)C(=O)N[C@@H](CC(=O)O)C(=O)N[C@H](C(=O)N[C@@H](CCC(=O)O)C(=O)N[C@H](C(=O)O)C(C)C)C(C)C. The highest BCUT2D eigenvalue weighted by atomic mass is 16.4. The first-order valence-electron chi connectivity index (χ1n) is 15.3. The Morgan fingerprint density at radius 2 is 1.02 bits per heavy atom. The fourth-order valence-electron chi connectivity index (χ4n) is 4.30. The highest BCUT2D eigenvalue weighted by molar-refractivity contribution is 5.98. The average Bonchev–Trinajstić information content (AvgIpc) is 2.93. The van der Waals surface area contributed by atoms with Gasteiger partial charge in [-0.25, -0.2) is 4.79 Å². The van der Waals surface area contributed by atoms with Gasteiger partial charge in [0.1, 0.15) is 30.2 Å². The van der Waals surface area contributed by atoms with Crippen molar-refractivity contribution in [3.05, 3.63) is 0 Å². The summed E-state index contributed by atoms with van der Waals surface area (Å²) in [6, 6.07) is -8.77. The van der Waals surface area contributed by atoms with Gasteiger partial charge in [0.05, 0.1) is 18.9 Å². The summed E-state index contributed by atoms with van der Waals surface area (Å²) in [6.07, 6.45) is -2.44. The quantitative estimate of drug-likeness (QED) is 0.0559. The Morgan fingerprint density at radius 3 is 1.46 bits per heavy atom. The number of aliphatic carboxylic acids is 3. The third kappa shape index (κ3) is 16.1. The molecule has 0 aromatic rings. The molecule has 6 amide bonds. The zero-order valence-electron chi connectivity index (χ0n) is 27.9. The summed E-state index contributed by atoms with van der Waals surface area (Å²) in [5.74, 6) is -11.4. The monoisotopic (exact) mass is 687 g/mol. The van der Waals surface area contributed by atoms with Gasteiger partial charge in [0, 0.05) is 6.42 Å². The van der Waals surface area contributed by atoms with Gasteiger partial charge in [0.25, 0.3) is 0 Å². The molecule has 0 aliphatic carbocycles. The summed E-state index contributed by atoms with van der Waals surface area (Å²) < 4.78 is 0. The van der Waals surface area contributed by atoms with Crippen LogP contribution in [0.2, 0.25) is 0 Å². The first kappa shape index (κ1) is 43.2. The molecule has 0 radical (unpaired) electrons. The summed E-state index contributed by atoms with van der Waals surface area (Å²) in [4.78, 5) is 111. The molecule has 12 N–H and O–H groups in total. The van der Waals surface area contributed by atoms with E-state index >= 15 is 0 Å². The largest absolute Gasteiger partial charge is 0.481 e. The predicted octanol–water partition coefficient (Wildman–Crippen LogP) is -2.60. The highest BCUT2D eigenvalue weighted by Crippen LogP contribution is 2.10. The molecular formula is C29H49N7O12. The van der Waals surface area contributed by atoms with E-state index in [1.165, 1.54) is 27.7 Å². The molecule has 0 unspecified atom stereocenters. The number of carboxylic acid groups (broad SMARTS) is 3. The first-order chi connectivity index (χ1) is 22.1. The minimum absolute atomic E-state index is 0.0264. The van der Waals surface area contributed by atoms with Crippen molar-refractivity contribution in [2.45, 2.75) is 110 Å².